The van der Waals surface area contributed by atoms with E-state index < -0.39 is 0 Å². The second-order valence-corrected chi connectivity index (χ2v) is 5.14. The molecule has 0 atom stereocenters. The van der Waals surface area contributed by atoms with Crippen molar-refractivity contribution in [3.63, 3.8) is 0 Å². The van der Waals surface area contributed by atoms with Crippen molar-refractivity contribution in [3.8, 4) is 0 Å². The zero-order valence-corrected chi connectivity index (χ0v) is 11.2. The summed E-state index contributed by atoms with van der Waals surface area (Å²) in [4.78, 5) is 11.7. The predicted octanol–water partition coefficient (Wildman–Crippen LogP) is 2.72. The van der Waals surface area contributed by atoms with Crippen LogP contribution in [0.15, 0.2) is 17.8 Å². The molecule has 0 bridgehead atoms. The highest BCUT2D eigenvalue weighted by Crippen LogP contribution is 2.26. The molecule has 6 heteroatoms. The van der Waals surface area contributed by atoms with Gasteiger partial charge in [-0.25, -0.2) is 9.97 Å². The summed E-state index contributed by atoms with van der Waals surface area (Å²) >= 11 is 7.74. The smallest absolute Gasteiger partial charge is 0.147 e. The van der Waals surface area contributed by atoms with Gasteiger partial charge in [-0.15, -0.1) is 11.3 Å². The highest BCUT2D eigenvalue weighted by Gasteiger charge is 2.11. The first-order valence-electron chi connectivity index (χ1n) is 5.09. The Hall–Kier alpha value is -1.33. The lowest BCUT2D eigenvalue weighted by Gasteiger charge is -2.18. The number of halogens is 1. The fraction of sp³-hybridized carbons (Fsp3) is 0.273. The van der Waals surface area contributed by atoms with E-state index in [1.165, 1.54) is 4.88 Å². The van der Waals surface area contributed by atoms with Crippen LogP contribution in [-0.4, -0.2) is 17.0 Å². The van der Waals surface area contributed by atoms with Crippen molar-refractivity contribution in [2.24, 2.45) is 0 Å². The summed E-state index contributed by atoms with van der Waals surface area (Å²) in [6.07, 6.45) is 1.61. The maximum atomic E-state index is 6.11. The van der Waals surface area contributed by atoms with Gasteiger partial charge in [0, 0.05) is 11.9 Å². The number of rotatable bonds is 3. The second kappa shape index (κ2) is 4.89. The zero-order chi connectivity index (χ0) is 12.4. The molecular formula is C11H13ClN4S. The molecule has 0 unspecified atom stereocenters. The molecule has 4 nitrogen and oxygen atoms in total. The number of thiazole rings is 1. The minimum Gasteiger partial charge on any atom is -0.397 e. The minimum atomic E-state index is 0.565. The van der Waals surface area contributed by atoms with E-state index in [4.69, 9.17) is 17.3 Å². The van der Waals surface area contributed by atoms with Crippen LogP contribution in [0, 0.1) is 6.92 Å². The summed E-state index contributed by atoms with van der Waals surface area (Å²) in [5.41, 5.74) is 9.08. The molecule has 2 heterocycles. The van der Waals surface area contributed by atoms with Crippen molar-refractivity contribution in [2.75, 3.05) is 17.7 Å². The first-order chi connectivity index (χ1) is 8.08. The molecule has 2 aromatic rings. The third kappa shape index (κ3) is 2.68. The van der Waals surface area contributed by atoms with Gasteiger partial charge in [-0.1, -0.05) is 11.6 Å². The molecule has 0 aromatic carbocycles. The number of hydrogen-bond donors (Lipinski definition) is 1. The Labute approximate surface area is 109 Å². The quantitative estimate of drug-likeness (QED) is 0.930. The van der Waals surface area contributed by atoms with Gasteiger partial charge in [0.15, 0.2) is 0 Å². The van der Waals surface area contributed by atoms with Crippen LogP contribution >= 0.6 is 22.9 Å². The Morgan fingerprint density at radius 2 is 2.24 bits per heavy atom. The average molecular weight is 269 g/mol. The maximum Gasteiger partial charge on any atom is 0.147 e. The van der Waals surface area contributed by atoms with E-state index in [0.29, 0.717) is 10.7 Å². The molecule has 0 spiro atoms. The summed E-state index contributed by atoms with van der Waals surface area (Å²) in [7, 11) is 1.95. The molecular weight excluding hydrogens is 256 g/mol. The topological polar surface area (TPSA) is 55.0 Å². The van der Waals surface area contributed by atoms with Gasteiger partial charge in [-0.05, 0) is 13.0 Å². The van der Waals surface area contributed by atoms with Gasteiger partial charge in [0.05, 0.1) is 34.7 Å². The molecule has 0 aliphatic heterocycles. The predicted molar refractivity (Wildman–Crippen MR) is 72.6 cm³/mol. The molecule has 2 N–H and O–H groups in total. The maximum absolute atomic E-state index is 6.11. The van der Waals surface area contributed by atoms with E-state index in [2.05, 4.69) is 9.97 Å². The van der Waals surface area contributed by atoms with Crippen LogP contribution in [0.4, 0.5) is 11.5 Å². The molecule has 0 saturated heterocycles. The van der Waals surface area contributed by atoms with Crippen LogP contribution < -0.4 is 10.6 Å². The Morgan fingerprint density at radius 1 is 1.47 bits per heavy atom. The molecule has 0 fully saturated rings. The van der Waals surface area contributed by atoms with Crippen molar-refractivity contribution < 1.29 is 0 Å². The lowest BCUT2D eigenvalue weighted by molar-refractivity contribution is 0.902. The average Bonchev–Trinajstić information content (AvgIpc) is 2.64. The van der Waals surface area contributed by atoms with Crippen molar-refractivity contribution in [3.05, 3.63) is 33.4 Å². The fourth-order valence-electron chi connectivity index (χ4n) is 1.49. The molecule has 2 rings (SSSR count). The highest BCUT2D eigenvalue weighted by atomic mass is 35.5. The largest absolute Gasteiger partial charge is 0.397 e. The van der Waals surface area contributed by atoms with E-state index in [1.54, 1.807) is 23.6 Å². The number of nitrogens with zero attached hydrogens (tertiary/aromatic N) is 3. The number of pyridine rings is 1. The van der Waals surface area contributed by atoms with Gasteiger partial charge in [0.1, 0.15) is 5.82 Å². The number of nitrogens with two attached hydrogens (primary N) is 1. The molecule has 0 amide bonds. The highest BCUT2D eigenvalue weighted by molar-refractivity contribution is 7.09. The van der Waals surface area contributed by atoms with Crippen LogP contribution in [-0.2, 0) is 6.54 Å². The Morgan fingerprint density at radius 3 is 2.82 bits per heavy atom. The van der Waals surface area contributed by atoms with E-state index in [0.717, 1.165) is 18.1 Å². The monoisotopic (exact) mass is 268 g/mol. The molecule has 2 aromatic heterocycles. The Kier molecular flexibility index (Phi) is 3.49. The summed E-state index contributed by atoms with van der Waals surface area (Å²) in [5, 5.41) is 0.565. The Balaban J connectivity index is 2.20. The second-order valence-electron chi connectivity index (χ2n) is 3.79. The normalized spacial score (nSPS) is 10.5. The van der Waals surface area contributed by atoms with Gasteiger partial charge in [0.25, 0.3) is 0 Å². The van der Waals surface area contributed by atoms with E-state index >= 15 is 0 Å². The van der Waals surface area contributed by atoms with Gasteiger partial charge in [-0.2, -0.15) is 0 Å². The van der Waals surface area contributed by atoms with E-state index in [9.17, 15) is 0 Å². The first kappa shape index (κ1) is 12.1. The summed E-state index contributed by atoms with van der Waals surface area (Å²) in [5.74, 6) is 0.730. The SMILES string of the molecule is Cc1ncsc1CN(C)c1ncc(N)cc1Cl. The van der Waals surface area contributed by atoms with Gasteiger partial charge in [0.2, 0.25) is 0 Å². The summed E-state index contributed by atoms with van der Waals surface area (Å²) in [6, 6.07) is 1.71. The number of hydrogen-bond acceptors (Lipinski definition) is 5. The number of anilines is 2. The van der Waals surface area contributed by atoms with Crippen LogP contribution in [0.2, 0.25) is 5.02 Å². The van der Waals surface area contributed by atoms with Crippen molar-refractivity contribution in [1.29, 1.82) is 0 Å². The van der Waals surface area contributed by atoms with Crippen LogP contribution in [0.1, 0.15) is 10.6 Å². The number of aryl methyl sites for hydroxylation is 1. The van der Waals surface area contributed by atoms with Gasteiger partial charge >= 0.3 is 0 Å². The standard InChI is InChI=1S/C11H13ClN4S/c1-7-10(17-6-15-7)5-16(2)11-9(12)3-8(13)4-14-11/h3-4,6H,5,13H2,1-2H3. The molecule has 0 saturated carbocycles. The first-order valence-corrected chi connectivity index (χ1v) is 6.35. The minimum absolute atomic E-state index is 0.565. The van der Waals surface area contributed by atoms with Crippen LogP contribution in [0.5, 0.6) is 0 Å². The third-order valence-electron chi connectivity index (χ3n) is 2.43. The Bertz CT molecular complexity index is 526. The van der Waals surface area contributed by atoms with Crippen molar-refractivity contribution in [1.82, 2.24) is 9.97 Å². The summed E-state index contributed by atoms with van der Waals surface area (Å²) in [6.45, 7) is 2.74. The van der Waals surface area contributed by atoms with Gasteiger partial charge < -0.3 is 10.6 Å². The van der Waals surface area contributed by atoms with Crippen molar-refractivity contribution in [2.45, 2.75) is 13.5 Å². The van der Waals surface area contributed by atoms with E-state index in [1.807, 2.05) is 24.4 Å². The third-order valence-corrected chi connectivity index (χ3v) is 3.63. The lowest BCUT2D eigenvalue weighted by Crippen LogP contribution is -2.18. The molecule has 90 valence electrons. The number of nitrogen functional groups attached to an aromatic ring is 1. The molecule has 0 radical (unpaired) electrons. The zero-order valence-electron chi connectivity index (χ0n) is 9.64. The molecule has 0 aliphatic carbocycles. The lowest BCUT2D eigenvalue weighted by atomic mass is 10.3. The number of aromatic nitrogens is 2. The fourth-order valence-corrected chi connectivity index (χ4v) is 2.64. The van der Waals surface area contributed by atoms with E-state index in [-0.39, 0.29) is 0 Å². The van der Waals surface area contributed by atoms with Crippen LogP contribution in [0.25, 0.3) is 0 Å². The molecule has 17 heavy (non-hydrogen) atoms. The van der Waals surface area contributed by atoms with Crippen LogP contribution in [0.3, 0.4) is 0 Å². The summed E-state index contributed by atoms with van der Waals surface area (Å²) < 4.78 is 0. The van der Waals surface area contributed by atoms with Gasteiger partial charge in [-0.3, -0.25) is 0 Å². The van der Waals surface area contributed by atoms with Crippen molar-refractivity contribution >= 4 is 34.4 Å². The molecule has 0 aliphatic rings.